The molecule has 1 fully saturated rings. The molecule has 1 aromatic rings. The van der Waals surface area contributed by atoms with Crippen LogP contribution in [0.4, 0.5) is 4.39 Å². The second kappa shape index (κ2) is 5.35. The molecule has 1 aliphatic heterocycles. The lowest BCUT2D eigenvalue weighted by atomic mass is 10.1. The summed E-state index contributed by atoms with van der Waals surface area (Å²) in [6.45, 7) is 3.95. The largest absolute Gasteiger partial charge is 0.497 e. The number of hydrogen-bond acceptors (Lipinski definition) is 3. The summed E-state index contributed by atoms with van der Waals surface area (Å²) in [5.41, 5.74) is 0.102. The van der Waals surface area contributed by atoms with Crippen LogP contribution < -0.4 is 10.1 Å². The number of rotatable bonds is 2. The quantitative estimate of drug-likeness (QED) is 0.861. The van der Waals surface area contributed by atoms with E-state index in [1.165, 1.54) is 19.2 Å². The zero-order valence-corrected chi connectivity index (χ0v) is 10.6. The van der Waals surface area contributed by atoms with Gasteiger partial charge in [0, 0.05) is 31.7 Å². The lowest BCUT2D eigenvalue weighted by Crippen LogP contribution is -2.51. The first-order chi connectivity index (χ1) is 8.61. The van der Waals surface area contributed by atoms with Gasteiger partial charge in [0.05, 0.1) is 12.7 Å². The number of halogens is 1. The average molecular weight is 252 g/mol. The molecule has 0 aliphatic carbocycles. The second-order valence-corrected chi connectivity index (χ2v) is 4.45. The number of nitrogens with one attached hydrogen (secondary N) is 1. The van der Waals surface area contributed by atoms with Crippen molar-refractivity contribution in [3.8, 4) is 5.75 Å². The van der Waals surface area contributed by atoms with Gasteiger partial charge in [-0.05, 0) is 19.1 Å². The SMILES string of the molecule is COc1ccc(C(=O)N2CCN[C@H](C)C2)c(F)c1. The van der Waals surface area contributed by atoms with Gasteiger partial charge in [-0.15, -0.1) is 0 Å². The number of carbonyl (C=O) groups is 1. The zero-order valence-electron chi connectivity index (χ0n) is 10.6. The summed E-state index contributed by atoms with van der Waals surface area (Å²) in [5.74, 6) is -0.383. The molecular weight excluding hydrogens is 235 g/mol. The molecule has 0 unspecified atom stereocenters. The van der Waals surface area contributed by atoms with Gasteiger partial charge in [-0.25, -0.2) is 4.39 Å². The molecule has 0 radical (unpaired) electrons. The van der Waals surface area contributed by atoms with Crippen LogP contribution >= 0.6 is 0 Å². The minimum atomic E-state index is -0.537. The van der Waals surface area contributed by atoms with Crippen LogP contribution in [0.5, 0.6) is 5.75 Å². The maximum atomic E-state index is 13.8. The van der Waals surface area contributed by atoms with Crippen LogP contribution in [0, 0.1) is 5.82 Å². The van der Waals surface area contributed by atoms with Crippen molar-refractivity contribution >= 4 is 5.91 Å². The van der Waals surface area contributed by atoms with Crippen molar-refractivity contribution in [1.29, 1.82) is 0 Å². The number of hydrogen-bond donors (Lipinski definition) is 1. The highest BCUT2D eigenvalue weighted by Gasteiger charge is 2.23. The van der Waals surface area contributed by atoms with Crippen molar-refractivity contribution in [2.75, 3.05) is 26.7 Å². The molecule has 0 saturated carbocycles. The summed E-state index contributed by atoms with van der Waals surface area (Å²) in [4.78, 5) is 13.9. The molecule has 2 rings (SSSR count). The molecule has 1 saturated heterocycles. The van der Waals surface area contributed by atoms with Crippen LogP contribution in [0.3, 0.4) is 0 Å². The Labute approximate surface area is 106 Å². The fraction of sp³-hybridized carbons (Fsp3) is 0.462. The number of methoxy groups -OCH3 is 1. The second-order valence-electron chi connectivity index (χ2n) is 4.45. The molecule has 1 amide bonds. The molecular formula is C13H17FN2O2. The van der Waals surface area contributed by atoms with E-state index in [9.17, 15) is 9.18 Å². The first-order valence-electron chi connectivity index (χ1n) is 5.98. The van der Waals surface area contributed by atoms with E-state index >= 15 is 0 Å². The Morgan fingerprint density at radius 2 is 2.33 bits per heavy atom. The van der Waals surface area contributed by atoms with Crippen molar-refractivity contribution in [2.24, 2.45) is 0 Å². The topological polar surface area (TPSA) is 41.6 Å². The van der Waals surface area contributed by atoms with E-state index in [0.717, 1.165) is 6.54 Å². The molecule has 5 heteroatoms. The van der Waals surface area contributed by atoms with Crippen LogP contribution in [0.1, 0.15) is 17.3 Å². The first-order valence-corrected chi connectivity index (χ1v) is 5.98. The summed E-state index contributed by atoms with van der Waals surface area (Å²) >= 11 is 0. The van der Waals surface area contributed by atoms with Gasteiger partial charge >= 0.3 is 0 Å². The Balaban J connectivity index is 2.17. The van der Waals surface area contributed by atoms with E-state index in [0.29, 0.717) is 18.8 Å². The summed E-state index contributed by atoms with van der Waals surface area (Å²) in [6, 6.07) is 4.55. The van der Waals surface area contributed by atoms with E-state index in [2.05, 4.69) is 5.32 Å². The van der Waals surface area contributed by atoms with E-state index < -0.39 is 5.82 Å². The summed E-state index contributed by atoms with van der Waals surface area (Å²) in [7, 11) is 1.47. The predicted molar refractivity (Wildman–Crippen MR) is 66.3 cm³/mol. The van der Waals surface area contributed by atoms with Gasteiger partial charge in [-0.2, -0.15) is 0 Å². The third-order valence-corrected chi connectivity index (χ3v) is 3.06. The van der Waals surface area contributed by atoms with Gasteiger partial charge < -0.3 is 15.0 Å². The molecule has 4 nitrogen and oxygen atoms in total. The Kier molecular flexibility index (Phi) is 3.81. The Bertz CT molecular complexity index is 451. The van der Waals surface area contributed by atoms with E-state index in [1.807, 2.05) is 6.92 Å². The maximum absolute atomic E-state index is 13.8. The number of carbonyl (C=O) groups excluding carboxylic acids is 1. The lowest BCUT2D eigenvalue weighted by molar-refractivity contribution is 0.0704. The molecule has 1 aliphatic rings. The highest BCUT2D eigenvalue weighted by molar-refractivity contribution is 5.94. The standard InChI is InChI=1S/C13H17FN2O2/c1-9-8-16(6-5-15-9)13(17)11-4-3-10(18-2)7-12(11)14/h3-4,7,9,15H,5-6,8H2,1-2H3/t9-/m1/s1. The van der Waals surface area contributed by atoms with Crippen molar-refractivity contribution in [2.45, 2.75) is 13.0 Å². The van der Waals surface area contributed by atoms with E-state index in [1.54, 1.807) is 11.0 Å². The van der Waals surface area contributed by atoms with Gasteiger partial charge in [0.25, 0.3) is 5.91 Å². The summed E-state index contributed by atoms with van der Waals surface area (Å²) in [6.07, 6.45) is 0. The van der Waals surface area contributed by atoms with Crippen molar-refractivity contribution in [3.05, 3.63) is 29.6 Å². The summed E-state index contributed by atoms with van der Waals surface area (Å²) in [5, 5.41) is 3.24. The molecule has 1 atom stereocenters. The lowest BCUT2D eigenvalue weighted by Gasteiger charge is -2.32. The molecule has 18 heavy (non-hydrogen) atoms. The zero-order chi connectivity index (χ0) is 13.1. The highest BCUT2D eigenvalue weighted by Crippen LogP contribution is 2.18. The van der Waals surface area contributed by atoms with E-state index in [4.69, 9.17) is 4.74 Å². The molecule has 0 spiro atoms. The minimum Gasteiger partial charge on any atom is -0.497 e. The average Bonchev–Trinajstić information content (AvgIpc) is 2.37. The van der Waals surface area contributed by atoms with Gasteiger partial charge in [0.15, 0.2) is 0 Å². The van der Waals surface area contributed by atoms with Crippen LogP contribution in [0.2, 0.25) is 0 Å². The van der Waals surface area contributed by atoms with Crippen molar-refractivity contribution < 1.29 is 13.9 Å². The van der Waals surface area contributed by atoms with Crippen molar-refractivity contribution in [1.82, 2.24) is 10.2 Å². The summed E-state index contributed by atoms with van der Waals surface area (Å²) < 4.78 is 18.7. The Morgan fingerprint density at radius 1 is 1.56 bits per heavy atom. The fourth-order valence-electron chi connectivity index (χ4n) is 2.08. The fourth-order valence-corrected chi connectivity index (χ4v) is 2.08. The van der Waals surface area contributed by atoms with Crippen LogP contribution in [-0.2, 0) is 0 Å². The van der Waals surface area contributed by atoms with Gasteiger partial charge in [-0.3, -0.25) is 4.79 Å². The Hall–Kier alpha value is -1.62. The number of benzene rings is 1. The van der Waals surface area contributed by atoms with Gasteiger partial charge in [0.1, 0.15) is 11.6 Å². The first kappa shape index (κ1) is 12.8. The third-order valence-electron chi connectivity index (χ3n) is 3.06. The number of nitrogens with zero attached hydrogens (tertiary/aromatic N) is 1. The molecule has 1 aromatic carbocycles. The van der Waals surface area contributed by atoms with Crippen LogP contribution in [0.25, 0.3) is 0 Å². The van der Waals surface area contributed by atoms with Crippen LogP contribution in [0.15, 0.2) is 18.2 Å². The highest BCUT2D eigenvalue weighted by atomic mass is 19.1. The number of ether oxygens (including phenoxy) is 1. The molecule has 1 heterocycles. The minimum absolute atomic E-state index is 0.102. The van der Waals surface area contributed by atoms with Gasteiger partial charge in [-0.1, -0.05) is 0 Å². The molecule has 98 valence electrons. The smallest absolute Gasteiger partial charge is 0.256 e. The van der Waals surface area contributed by atoms with Crippen molar-refractivity contribution in [3.63, 3.8) is 0 Å². The third kappa shape index (κ3) is 2.61. The molecule has 0 bridgehead atoms. The predicted octanol–water partition coefficient (Wildman–Crippen LogP) is 1.27. The molecule has 1 N–H and O–H groups in total. The normalized spacial score (nSPS) is 19.7. The number of piperazine rings is 1. The Morgan fingerprint density at radius 3 is 2.94 bits per heavy atom. The van der Waals surface area contributed by atoms with Crippen LogP contribution in [-0.4, -0.2) is 43.6 Å². The van der Waals surface area contributed by atoms with Gasteiger partial charge in [0.2, 0.25) is 0 Å². The monoisotopic (exact) mass is 252 g/mol. The van der Waals surface area contributed by atoms with E-state index in [-0.39, 0.29) is 17.5 Å². The molecule has 0 aromatic heterocycles. The number of amides is 1. The maximum Gasteiger partial charge on any atom is 0.256 e.